The molecule has 2 aromatic carbocycles. The summed E-state index contributed by atoms with van der Waals surface area (Å²) in [6.07, 6.45) is 22.7. The van der Waals surface area contributed by atoms with E-state index < -0.39 is 0 Å². The van der Waals surface area contributed by atoms with Gasteiger partial charge in [0.2, 0.25) is 5.91 Å². The van der Waals surface area contributed by atoms with E-state index in [4.69, 9.17) is 5.73 Å². The van der Waals surface area contributed by atoms with Crippen LogP contribution in [0, 0.1) is 10.8 Å². The minimum Gasteiger partial charge on any atom is -0.370 e. The Labute approximate surface area is 221 Å². The molecular weight excluding hydrogens is 438 g/mol. The van der Waals surface area contributed by atoms with Crippen LogP contribution in [0.2, 0.25) is 0 Å². The number of rotatable bonds is 20. The lowest BCUT2D eigenvalue weighted by molar-refractivity contribution is -0.118. The van der Waals surface area contributed by atoms with Gasteiger partial charge in [-0.15, -0.1) is 0 Å². The number of hydrogen-bond acceptors (Lipinski definition) is 1. The van der Waals surface area contributed by atoms with Crippen LogP contribution < -0.4 is 5.73 Å². The molecule has 0 unspecified atom stereocenters. The van der Waals surface area contributed by atoms with E-state index in [1.54, 1.807) is 0 Å². The number of aryl methyl sites for hydroxylation is 1. The van der Waals surface area contributed by atoms with E-state index >= 15 is 0 Å². The molecular formula is C34H51NO. The molecule has 2 aromatic rings. The summed E-state index contributed by atoms with van der Waals surface area (Å²) in [5, 5.41) is 0. The molecule has 1 amide bonds. The smallest absolute Gasteiger partial charge is 0.217 e. The van der Waals surface area contributed by atoms with Crippen LogP contribution in [-0.4, -0.2) is 5.91 Å². The van der Waals surface area contributed by atoms with Gasteiger partial charge in [-0.1, -0.05) is 132 Å². The summed E-state index contributed by atoms with van der Waals surface area (Å²) in [5.74, 6) is -0.160. The summed E-state index contributed by atoms with van der Waals surface area (Å²) in [6, 6.07) is 22.4. The first kappa shape index (κ1) is 28.5. The molecule has 0 aromatic heterocycles. The molecule has 1 fully saturated rings. The molecule has 1 saturated carbocycles. The van der Waals surface area contributed by atoms with Crippen molar-refractivity contribution in [1.29, 1.82) is 0 Å². The van der Waals surface area contributed by atoms with Gasteiger partial charge in [0.25, 0.3) is 0 Å². The summed E-state index contributed by atoms with van der Waals surface area (Å²) < 4.78 is 0. The topological polar surface area (TPSA) is 43.1 Å². The van der Waals surface area contributed by atoms with E-state index in [2.05, 4.69) is 67.6 Å². The molecule has 2 nitrogen and oxygen atoms in total. The van der Waals surface area contributed by atoms with Gasteiger partial charge in [0.1, 0.15) is 0 Å². The predicted molar refractivity (Wildman–Crippen MR) is 154 cm³/mol. The second-order valence-electron chi connectivity index (χ2n) is 11.6. The Morgan fingerprint density at radius 2 is 1.19 bits per heavy atom. The van der Waals surface area contributed by atoms with Crippen molar-refractivity contribution in [2.24, 2.45) is 16.6 Å². The highest BCUT2D eigenvalue weighted by Crippen LogP contribution is 2.72. The average Bonchev–Trinajstić information content (AvgIpc) is 3.51. The van der Waals surface area contributed by atoms with Gasteiger partial charge < -0.3 is 5.73 Å². The van der Waals surface area contributed by atoms with Gasteiger partial charge in [-0.05, 0) is 66.9 Å². The Hall–Kier alpha value is -2.09. The molecule has 3 rings (SSSR count). The zero-order valence-corrected chi connectivity index (χ0v) is 23.0. The number of primary amides is 1. The van der Waals surface area contributed by atoms with Crippen molar-refractivity contribution in [3.8, 4) is 0 Å². The lowest BCUT2D eigenvalue weighted by atomic mass is 9.77. The fourth-order valence-electron chi connectivity index (χ4n) is 6.68. The van der Waals surface area contributed by atoms with Crippen LogP contribution in [0.5, 0.6) is 0 Å². The molecule has 2 heteroatoms. The number of carbonyl (C=O) groups is 1. The van der Waals surface area contributed by atoms with E-state index in [0.717, 1.165) is 12.8 Å². The predicted octanol–water partition coefficient (Wildman–Crippen LogP) is 9.21. The Kier molecular flexibility index (Phi) is 12.0. The molecule has 2 N–H and O–H groups in total. The lowest BCUT2D eigenvalue weighted by Crippen LogP contribution is -2.19. The Bertz CT molecular complexity index is 863. The maximum Gasteiger partial charge on any atom is 0.217 e. The molecule has 0 aliphatic heterocycles. The van der Waals surface area contributed by atoms with Crippen LogP contribution >= 0.6 is 0 Å². The number of hydrogen-bond donors (Lipinski definition) is 1. The third-order valence-corrected chi connectivity index (χ3v) is 8.88. The lowest BCUT2D eigenvalue weighted by Gasteiger charge is -2.27. The van der Waals surface area contributed by atoms with E-state index in [0.29, 0.717) is 17.3 Å². The number of nitrogens with two attached hydrogens (primary N) is 1. The number of amides is 1. The molecule has 2 atom stereocenters. The average molecular weight is 490 g/mol. The summed E-state index contributed by atoms with van der Waals surface area (Å²) in [6.45, 7) is 2.30. The van der Waals surface area contributed by atoms with Gasteiger partial charge in [-0.25, -0.2) is 0 Å². The standard InChI is InChI=1S/C34H51NO/c1-2-3-4-5-8-17-25-33(27-24-30-19-12-10-13-20-30)29-34(33,28-31-21-14-11-15-22-31)26-18-9-6-7-16-23-32(35)36/h10-15,19-22H,2-9,16-18,23-29H2,1H3,(H2,35,36)/t33-,34+/m1/s1. The van der Waals surface area contributed by atoms with Crippen molar-refractivity contribution in [1.82, 2.24) is 0 Å². The molecule has 0 spiro atoms. The zero-order chi connectivity index (χ0) is 25.5. The summed E-state index contributed by atoms with van der Waals surface area (Å²) in [7, 11) is 0. The van der Waals surface area contributed by atoms with Crippen LogP contribution in [0.1, 0.15) is 121 Å². The van der Waals surface area contributed by atoms with Crippen molar-refractivity contribution >= 4 is 5.91 Å². The fraction of sp³-hybridized carbons (Fsp3) is 0.618. The van der Waals surface area contributed by atoms with Gasteiger partial charge in [-0.3, -0.25) is 4.79 Å². The van der Waals surface area contributed by atoms with E-state index in [1.165, 1.54) is 107 Å². The largest absolute Gasteiger partial charge is 0.370 e. The third kappa shape index (κ3) is 9.09. The first-order valence-electron chi connectivity index (χ1n) is 15.0. The summed E-state index contributed by atoms with van der Waals surface area (Å²) >= 11 is 0. The van der Waals surface area contributed by atoms with Crippen LogP contribution in [0.25, 0.3) is 0 Å². The van der Waals surface area contributed by atoms with E-state index in [1.807, 2.05) is 0 Å². The fourth-order valence-corrected chi connectivity index (χ4v) is 6.68. The van der Waals surface area contributed by atoms with Crippen LogP contribution in [-0.2, 0) is 17.6 Å². The third-order valence-electron chi connectivity index (χ3n) is 8.88. The van der Waals surface area contributed by atoms with Crippen molar-refractivity contribution in [2.75, 3.05) is 0 Å². The van der Waals surface area contributed by atoms with Gasteiger partial charge in [0.05, 0.1) is 0 Å². The molecule has 198 valence electrons. The molecule has 0 saturated heterocycles. The summed E-state index contributed by atoms with van der Waals surface area (Å²) in [5.41, 5.74) is 9.27. The SMILES string of the molecule is CCCCCCCC[C@@]1(CCc2ccccc2)C[C@]1(CCCCCCCC(N)=O)Cc1ccccc1. The monoisotopic (exact) mass is 489 g/mol. The first-order valence-corrected chi connectivity index (χ1v) is 15.0. The van der Waals surface area contributed by atoms with Gasteiger partial charge in [-0.2, -0.15) is 0 Å². The van der Waals surface area contributed by atoms with Crippen LogP contribution in [0.15, 0.2) is 60.7 Å². The van der Waals surface area contributed by atoms with Crippen LogP contribution in [0.4, 0.5) is 0 Å². The van der Waals surface area contributed by atoms with Crippen molar-refractivity contribution < 1.29 is 4.79 Å². The first-order chi connectivity index (χ1) is 17.6. The minimum absolute atomic E-state index is 0.160. The molecule has 0 bridgehead atoms. The highest BCUT2D eigenvalue weighted by Gasteiger charge is 2.64. The number of benzene rings is 2. The Balaban J connectivity index is 1.64. The Morgan fingerprint density at radius 1 is 0.667 bits per heavy atom. The molecule has 36 heavy (non-hydrogen) atoms. The van der Waals surface area contributed by atoms with Gasteiger partial charge in [0.15, 0.2) is 0 Å². The van der Waals surface area contributed by atoms with E-state index in [9.17, 15) is 4.79 Å². The molecule has 0 radical (unpaired) electrons. The summed E-state index contributed by atoms with van der Waals surface area (Å²) in [4.78, 5) is 11.0. The highest BCUT2D eigenvalue weighted by atomic mass is 16.1. The number of unbranched alkanes of at least 4 members (excludes halogenated alkanes) is 9. The molecule has 0 heterocycles. The van der Waals surface area contributed by atoms with Crippen molar-refractivity contribution in [3.63, 3.8) is 0 Å². The second-order valence-corrected chi connectivity index (χ2v) is 11.6. The zero-order valence-electron chi connectivity index (χ0n) is 23.0. The molecule has 1 aliphatic rings. The maximum atomic E-state index is 11.0. The van der Waals surface area contributed by atoms with Crippen LogP contribution in [0.3, 0.4) is 0 Å². The quantitative estimate of drug-likeness (QED) is 0.185. The van der Waals surface area contributed by atoms with E-state index in [-0.39, 0.29) is 5.91 Å². The number of carbonyl (C=O) groups excluding carboxylic acids is 1. The van der Waals surface area contributed by atoms with Gasteiger partial charge >= 0.3 is 0 Å². The second kappa shape index (κ2) is 15.2. The highest BCUT2D eigenvalue weighted by molar-refractivity contribution is 5.73. The minimum atomic E-state index is -0.160. The molecule has 1 aliphatic carbocycles. The van der Waals surface area contributed by atoms with Crippen molar-refractivity contribution in [2.45, 2.75) is 122 Å². The maximum absolute atomic E-state index is 11.0. The Morgan fingerprint density at radius 3 is 1.81 bits per heavy atom. The van der Waals surface area contributed by atoms with Crippen molar-refractivity contribution in [3.05, 3.63) is 71.8 Å². The van der Waals surface area contributed by atoms with Gasteiger partial charge in [0, 0.05) is 6.42 Å². The normalized spacial score (nSPS) is 20.9.